The van der Waals surface area contributed by atoms with Gasteiger partial charge in [0.25, 0.3) is 0 Å². The van der Waals surface area contributed by atoms with Crippen LogP contribution in [0.15, 0.2) is 47.5 Å². The van der Waals surface area contributed by atoms with Crippen molar-refractivity contribution in [1.82, 2.24) is 14.6 Å². The Balaban J connectivity index is 1.92. The number of furan rings is 1. The van der Waals surface area contributed by atoms with Gasteiger partial charge in [-0.15, -0.1) is 0 Å². The van der Waals surface area contributed by atoms with Crippen LogP contribution in [0.1, 0.15) is 18.7 Å². The summed E-state index contributed by atoms with van der Waals surface area (Å²) in [6.45, 7) is 2.03. The maximum Gasteiger partial charge on any atom is 0.152 e. The number of hydrogen-bond acceptors (Lipinski definition) is 4. The first kappa shape index (κ1) is 9.89. The van der Waals surface area contributed by atoms with Gasteiger partial charge in [0.15, 0.2) is 5.82 Å². The predicted molar refractivity (Wildman–Crippen MR) is 63.7 cm³/mol. The van der Waals surface area contributed by atoms with Crippen molar-refractivity contribution in [3.63, 3.8) is 0 Å². The summed E-state index contributed by atoms with van der Waals surface area (Å²) in [6.07, 6.45) is 6.95. The molecular formula is C12H12N4O. The molecule has 0 bridgehead atoms. The molecule has 0 aliphatic carbocycles. The Morgan fingerprint density at radius 1 is 1.35 bits per heavy atom. The van der Waals surface area contributed by atoms with E-state index in [-0.39, 0.29) is 6.04 Å². The van der Waals surface area contributed by atoms with Crippen LogP contribution in [0.4, 0.5) is 5.82 Å². The predicted octanol–water partition coefficient (Wildman–Crippen LogP) is 2.50. The lowest BCUT2D eigenvalue weighted by Crippen LogP contribution is -2.08. The van der Waals surface area contributed by atoms with Crippen LogP contribution in [-0.4, -0.2) is 14.6 Å². The highest BCUT2D eigenvalue weighted by Gasteiger charge is 2.10. The first-order valence-corrected chi connectivity index (χ1v) is 5.43. The molecular weight excluding hydrogens is 216 g/mol. The van der Waals surface area contributed by atoms with Crippen molar-refractivity contribution in [1.29, 1.82) is 0 Å². The van der Waals surface area contributed by atoms with Crippen molar-refractivity contribution in [2.45, 2.75) is 13.0 Å². The molecule has 0 aliphatic rings. The number of fused-ring (bicyclic) bond motifs is 1. The van der Waals surface area contributed by atoms with Crippen LogP contribution in [0.3, 0.4) is 0 Å². The summed E-state index contributed by atoms with van der Waals surface area (Å²) in [6, 6.07) is 5.80. The number of rotatable bonds is 3. The maximum atomic E-state index is 5.35. The summed E-state index contributed by atoms with van der Waals surface area (Å²) >= 11 is 0. The molecule has 0 radical (unpaired) electrons. The Kier molecular flexibility index (Phi) is 2.29. The van der Waals surface area contributed by atoms with Gasteiger partial charge in [0, 0.05) is 12.4 Å². The SMILES string of the molecule is CC(Nc1nccn2nccc12)c1ccco1. The van der Waals surface area contributed by atoms with E-state index in [1.165, 1.54) is 0 Å². The van der Waals surface area contributed by atoms with Crippen molar-refractivity contribution < 1.29 is 4.42 Å². The summed E-state index contributed by atoms with van der Waals surface area (Å²) in [5.41, 5.74) is 0.950. The van der Waals surface area contributed by atoms with Crippen LogP contribution in [0.25, 0.3) is 5.52 Å². The Hall–Kier alpha value is -2.30. The third kappa shape index (κ3) is 1.75. The lowest BCUT2D eigenvalue weighted by atomic mass is 10.2. The fourth-order valence-corrected chi connectivity index (χ4v) is 1.78. The zero-order valence-corrected chi connectivity index (χ0v) is 9.37. The number of hydrogen-bond donors (Lipinski definition) is 1. The molecule has 0 amide bonds. The van der Waals surface area contributed by atoms with E-state index < -0.39 is 0 Å². The first-order valence-electron chi connectivity index (χ1n) is 5.43. The van der Waals surface area contributed by atoms with Crippen LogP contribution in [0, 0.1) is 0 Å². The minimum absolute atomic E-state index is 0.0681. The second-order valence-electron chi connectivity index (χ2n) is 3.82. The van der Waals surface area contributed by atoms with E-state index in [2.05, 4.69) is 15.4 Å². The molecule has 0 spiro atoms. The molecule has 0 aliphatic heterocycles. The summed E-state index contributed by atoms with van der Waals surface area (Å²) < 4.78 is 7.13. The van der Waals surface area contributed by atoms with Gasteiger partial charge in [-0.05, 0) is 25.1 Å². The molecule has 3 rings (SSSR count). The molecule has 3 heterocycles. The van der Waals surface area contributed by atoms with Crippen molar-refractivity contribution in [3.05, 3.63) is 48.8 Å². The molecule has 86 valence electrons. The fourth-order valence-electron chi connectivity index (χ4n) is 1.78. The third-order valence-electron chi connectivity index (χ3n) is 2.65. The standard InChI is InChI=1S/C12H12N4O/c1-9(11-3-2-8-17-11)15-12-10-4-5-14-16(10)7-6-13-12/h2-9H,1H3,(H,13,15). The normalized spacial score (nSPS) is 12.8. The molecule has 1 unspecified atom stereocenters. The van der Waals surface area contributed by atoms with Gasteiger partial charge in [-0.25, -0.2) is 9.50 Å². The van der Waals surface area contributed by atoms with Crippen LogP contribution >= 0.6 is 0 Å². The number of anilines is 1. The van der Waals surface area contributed by atoms with E-state index in [0.29, 0.717) is 0 Å². The minimum atomic E-state index is 0.0681. The second kappa shape index (κ2) is 3.93. The quantitative estimate of drug-likeness (QED) is 0.748. The van der Waals surface area contributed by atoms with E-state index in [4.69, 9.17) is 4.42 Å². The maximum absolute atomic E-state index is 5.35. The van der Waals surface area contributed by atoms with E-state index in [9.17, 15) is 0 Å². The first-order chi connectivity index (χ1) is 8.34. The van der Waals surface area contributed by atoms with E-state index in [1.54, 1.807) is 23.2 Å². The molecule has 5 nitrogen and oxygen atoms in total. The summed E-state index contributed by atoms with van der Waals surface area (Å²) in [5.74, 6) is 1.68. The Labute approximate surface area is 98.1 Å². The van der Waals surface area contributed by atoms with Crippen LogP contribution < -0.4 is 5.32 Å². The lowest BCUT2D eigenvalue weighted by molar-refractivity contribution is 0.490. The molecule has 1 N–H and O–H groups in total. The van der Waals surface area contributed by atoms with E-state index >= 15 is 0 Å². The van der Waals surface area contributed by atoms with Gasteiger partial charge in [0.05, 0.1) is 18.5 Å². The highest BCUT2D eigenvalue weighted by atomic mass is 16.3. The average Bonchev–Trinajstić information content (AvgIpc) is 3.00. The largest absolute Gasteiger partial charge is 0.467 e. The van der Waals surface area contributed by atoms with Gasteiger partial charge in [0.2, 0.25) is 0 Å². The molecule has 3 aromatic heterocycles. The smallest absolute Gasteiger partial charge is 0.152 e. The highest BCUT2D eigenvalue weighted by Crippen LogP contribution is 2.20. The number of nitrogens with zero attached hydrogens (tertiary/aromatic N) is 3. The minimum Gasteiger partial charge on any atom is -0.467 e. The fraction of sp³-hybridized carbons (Fsp3) is 0.167. The van der Waals surface area contributed by atoms with Crippen LogP contribution in [0.5, 0.6) is 0 Å². The monoisotopic (exact) mass is 228 g/mol. The lowest BCUT2D eigenvalue weighted by Gasteiger charge is -2.12. The molecule has 0 fully saturated rings. The van der Waals surface area contributed by atoms with E-state index in [0.717, 1.165) is 17.1 Å². The zero-order valence-electron chi connectivity index (χ0n) is 9.37. The summed E-state index contributed by atoms with van der Waals surface area (Å²) in [4.78, 5) is 4.32. The third-order valence-corrected chi connectivity index (χ3v) is 2.65. The number of nitrogens with one attached hydrogen (secondary N) is 1. The van der Waals surface area contributed by atoms with Crippen LogP contribution in [-0.2, 0) is 0 Å². The highest BCUT2D eigenvalue weighted by molar-refractivity contribution is 5.67. The van der Waals surface area contributed by atoms with Gasteiger partial charge in [-0.1, -0.05) is 0 Å². The molecule has 0 saturated heterocycles. The van der Waals surface area contributed by atoms with Gasteiger partial charge in [-0.3, -0.25) is 0 Å². The molecule has 3 aromatic rings. The summed E-state index contributed by atoms with van der Waals surface area (Å²) in [5, 5.41) is 7.47. The van der Waals surface area contributed by atoms with Crippen molar-refractivity contribution in [3.8, 4) is 0 Å². The zero-order chi connectivity index (χ0) is 11.7. The van der Waals surface area contributed by atoms with Crippen molar-refractivity contribution in [2.75, 3.05) is 5.32 Å². The molecule has 0 aromatic carbocycles. The Morgan fingerprint density at radius 2 is 2.29 bits per heavy atom. The number of aromatic nitrogens is 3. The van der Waals surface area contributed by atoms with Crippen LogP contribution in [0.2, 0.25) is 0 Å². The van der Waals surface area contributed by atoms with E-state index in [1.807, 2.05) is 31.3 Å². The summed E-state index contributed by atoms with van der Waals surface area (Å²) in [7, 11) is 0. The average molecular weight is 228 g/mol. The van der Waals surface area contributed by atoms with Gasteiger partial charge < -0.3 is 9.73 Å². The molecule has 17 heavy (non-hydrogen) atoms. The second-order valence-corrected chi connectivity index (χ2v) is 3.82. The Morgan fingerprint density at radius 3 is 3.12 bits per heavy atom. The molecule has 1 atom stereocenters. The van der Waals surface area contributed by atoms with Gasteiger partial charge in [0.1, 0.15) is 11.3 Å². The topological polar surface area (TPSA) is 55.4 Å². The Bertz CT molecular complexity index is 614. The molecule has 0 saturated carbocycles. The molecule has 5 heteroatoms. The van der Waals surface area contributed by atoms with Crippen molar-refractivity contribution >= 4 is 11.3 Å². The van der Waals surface area contributed by atoms with Gasteiger partial charge in [-0.2, -0.15) is 5.10 Å². The van der Waals surface area contributed by atoms with Gasteiger partial charge >= 0.3 is 0 Å². The van der Waals surface area contributed by atoms with Crippen molar-refractivity contribution in [2.24, 2.45) is 0 Å².